The van der Waals surface area contributed by atoms with Crippen molar-refractivity contribution in [3.05, 3.63) is 45.4 Å². The molecule has 0 aliphatic rings. The molecule has 0 radical (unpaired) electrons. The lowest BCUT2D eigenvalue weighted by Crippen LogP contribution is -2.01. The van der Waals surface area contributed by atoms with E-state index in [1.165, 1.54) is 16.9 Å². The van der Waals surface area contributed by atoms with E-state index in [1.54, 1.807) is 0 Å². The highest BCUT2D eigenvalue weighted by Gasteiger charge is 2.06. The van der Waals surface area contributed by atoms with Crippen molar-refractivity contribution in [1.82, 2.24) is 4.98 Å². The first-order valence-corrected chi connectivity index (χ1v) is 7.12. The van der Waals surface area contributed by atoms with Gasteiger partial charge in [0.1, 0.15) is 16.7 Å². The van der Waals surface area contributed by atoms with Crippen LogP contribution in [0.5, 0.6) is 5.75 Å². The van der Waals surface area contributed by atoms with Crippen LogP contribution >= 0.6 is 11.3 Å². The van der Waals surface area contributed by atoms with Crippen molar-refractivity contribution in [3.63, 3.8) is 0 Å². The maximum atomic E-state index is 8.87. The van der Waals surface area contributed by atoms with E-state index < -0.39 is 0 Å². The molecule has 0 amide bonds. The van der Waals surface area contributed by atoms with E-state index in [0.717, 1.165) is 29.3 Å². The summed E-state index contributed by atoms with van der Waals surface area (Å²) in [5, 5.41) is 9.83. The van der Waals surface area contributed by atoms with E-state index >= 15 is 0 Å². The fourth-order valence-corrected chi connectivity index (χ4v) is 2.58. The maximum Gasteiger partial charge on any atom is 0.127 e. The minimum Gasteiger partial charge on any atom is -0.493 e. The second kappa shape index (κ2) is 6.35. The first-order valence-electron chi connectivity index (χ1n) is 6.31. The smallest absolute Gasteiger partial charge is 0.127 e. The molecule has 0 unspecified atom stereocenters. The fraction of sp³-hybridized carbons (Fsp3) is 0.333. The molecule has 0 atom stereocenters. The third kappa shape index (κ3) is 3.55. The van der Waals surface area contributed by atoms with Gasteiger partial charge in [-0.1, -0.05) is 19.1 Å². The number of hydrogen-bond donors (Lipinski definition) is 0. The molecule has 2 rings (SSSR count). The van der Waals surface area contributed by atoms with Gasteiger partial charge in [0.05, 0.1) is 17.3 Å². The molecule has 0 aliphatic carbocycles. The average Bonchev–Trinajstić information content (AvgIpc) is 2.80. The lowest BCUT2D eigenvalue weighted by Gasteiger charge is -2.05. The SMILES string of the molecule is CCc1ccc(OCCc2nc(C)c(C#N)s2)cc1. The Bertz CT molecular complexity index is 581. The Labute approximate surface area is 117 Å². The molecule has 0 fully saturated rings. The second-order valence-electron chi connectivity index (χ2n) is 4.23. The van der Waals surface area contributed by atoms with Gasteiger partial charge in [-0.25, -0.2) is 4.98 Å². The highest BCUT2D eigenvalue weighted by Crippen LogP contribution is 2.18. The number of ether oxygens (including phenoxy) is 1. The summed E-state index contributed by atoms with van der Waals surface area (Å²) in [5.41, 5.74) is 2.12. The van der Waals surface area contributed by atoms with Crippen molar-refractivity contribution in [2.24, 2.45) is 0 Å². The van der Waals surface area contributed by atoms with Crippen LogP contribution in [0, 0.1) is 18.3 Å². The largest absolute Gasteiger partial charge is 0.493 e. The van der Waals surface area contributed by atoms with Gasteiger partial charge in [-0.3, -0.25) is 0 Å². The lowest BCUT2D eigenvalue weighted by atomic mass is 10.2. The van der Waals surface area contributed by atoms with E-state index in [-0.39, 0.29) is 0 Å². The summed E-state index contributed by atoms with van der Waals surface area (Å²) in [6, 6.07) is 10.3. The van der Waals surface area contributed by atoms with Gasteiger partial charge in [0.2, 0.25) is 0 Å². The van der Waals surface area contributed by atoms with Crippen LogP contribution in [0.4, 0.5) is 0 Å². The summed E-state index contributed by atoms with van der Waals surface area (Å²) in [6.45, 7) is 4.58. The third-order valence-corrected chi connectivity index (χ3v) is 3.98. The molecule has 3 nitrogen and oxygen atoms in total. The van der Waals surface area contributed by atoms with E-state index in [2.05, 4.69) is 30.1 Å². The van der Waals surface area contributed by atoms with Gasteiger partial charge in [-0.15, -0.1) is 11.3 Å². The molecule has 19 heavy (non-hydrogen) atoms. The van der Waals surface area contributed by atoms with Gasteiger partial charge in [0.25, 0.3) is 0 Å². The van der Waals surface area contributed by atoms with E-state index in [1.807, 2.05) is 19.1 Å². The summed E-state index contributed by atoms with van der Waals surface area (Å²) in [6.07, 6.45) is 1.78. The Morgan fingerprint density at radius 3 is 2.63 bits per heavy atom. The zero-order valence-electron chi connectivity index (χ0n) is 11.1. The van der Waals surface area contributed by atoms with Crippen LogP contribution in [0.1, 0.15) is 28.1 Å². The topological polar surface area (TPSA) is 45.9 Å². The molecule has 1 aromatic heterocycles. The Balaban J connectivity index is 1.87. The van der Waals surface area contributed by atoms with Crippen molar-refractivity contribution in [3.8, 4) is 11.8 Å². The molecular weight excluding hydrogens is 256 g/mol. The molecule has 4 heteroatoms. The number of nitrogens with zero attached hydrogens (tertiary/aromatic N) is 2. The van der Waals surface area contributed by atoms with Crippen LogP contribution in [0.25, 0.3) is 0 Å². The summed E-state index contributed by atoms with van der Waals surface area (Å²) >= 11 is 1.45. The predicted molar refractivity (Wildman–Crippen MR) is 76.6 cm³/mol. The normalized spacial score (nSPS) is 10.2. The molecule has 1 aromatic carbocycles. The Kier molecular flexibility index (Phi) is 4.53. The molecule has 98 valence electrons. The Morgan fingerprint density at radius 1 is 1.32 bits per heavy atom. The summed E-state index contributed by atoms with van der Waals surface area (Å²) in [4.78, 5) is 5.05. The van der Waals surface area contributed by atoms with Gasteiger partial charge in [-0.2, -0.15) is 5.26 Å². The number of benzene rings is 1. The van der Waals surface area contributed by atoms with Gasteiger partial charge in [0.15, 0.2) is 0 Å². The van der Waals surface area contributed by atoms with Gasteiger partial charge in [0, 0.05) is 6.42 Å². The monoisotopic (exact) mass is 272 g/mol. The number of hydrogen-bond acceptors (Lipinski definition) is 4. The maximum absolute atomic E-state index is 8.87. The van der Waals surface area contributed by atoms with Crippen LogP contribution in [0.3, 0.4) is 0 Å². The number of aryl methyl sites for hydroxylation is 2. The predicted octanol–water partition coefficient (Wildman–Crippen LogP) is 3.51. The number of thiazole rings is 1. The van der Waals surface area contributed by atoms with Crippen LogP contribution < -0.4 is 4.74 Å². The van der Waals surface area contributed by atoms with Crippen LogP contribution in [0.15, 0.2) is 24.3 Å². The minimum absolute atomic E-state index is 0.587. The van der Waals surface area contributed by atoms with Crippen molar-refractivity contribution < 1.29 is 4.74 Å². The van der Waals surface area contributed by atoms with Crippen molar-refractivity contribution in [1.29, 1.82) is 5.26 Å². The summed E-state index contributed by atoms with van der Waals surface area (Å²) in [5.74, 6) is 0.881. The van der Waals surface area contributed by atoms with Gasteiger partial charge < -0.3 is 4.74 Å². The van der Waals surface area contributed by atoms with E-state index in [4.69, 9.17) is 10.00 Å². The molecule has 0 saturated carbocycles. The Morgan fingerprint density at radius 2 is 2.05 bits per heavy atom. The first-order chi connectivity index (χ1) is 9.22. The molecule has 0 N–H and O–H groups in total. The summed E-state index contributed by atoms with van der Waals surface area (Å²) in [7, 11) is 0. The molecule has 0 saturated heterocycles. The molecule has 0 aliphatic heterocycles. The highest BCUT2D eigenvalue weighted by molar-refractivity contribution is 7.12. The molecule has 0 spiro atoms. The number of nitriles is 1. The van der Waals surface area contributed by atoms with Crippen LogP contribution in [-0.4, -0.2) is 11.6 Å². The van der Waals surface area contributed by atoms with Gasteiger partial charge in [-0.05, 0) is 31.0 Å². The molecule has 2 aromatic rings. The van der Waals surface area contributed by atoms with Crippen LogP contribution in [-0.2, 0) is 12.8 Å². The number of rotatable bonds is 5. The van der Waals surface area contributed by atoms with E-state index in [9.17, 15) is 0 Å². The quantitative estimate of drug-likeness (QED) is 0.836. The summed E-state index contributed by atoms with van der Waals surface area (Å²) < 4.78 is 5.68. The Hall–Kier alpha value is -1.86. The lowest BCUT2D eigenvalue weighted by molar-refractivity contribution is 0.321. The van der Waals surface area contributed by atoms with Crippen LogP contribution in [0.2, 0.25) is 0 Å². The third-order valence-electron chi connectivity index (χ3n) is 2.86. The van der Waals surface area contributed by atoms with Gasteiger partial charge >= 0.3 is 0 Å². The number of aromatic nitrogens is 1. The van der Waals surface area contributed by atoms with Crippen molar-refractivity contribution >= 4 is 11.3 Å². The highest BCUT2D eigenvalue weighted by atomic mass is 32.1. The molecule has 1 heterocycles. The fourth-order valence-electron chi connectivity index (χ4n) is 1.74. The van der Waals surface area contributed by atoms with E-state index in [0.29, 0.717) is 11.5 Å². The average molecular weight is 272 g/mol. The first kappa shape index (κ1) is 13.6. The molecule has 0 bridgehead atoms. The minimum atomic E-state index is 0.587. The van der Waals surface area contributed by atoms with Crippen molar-refractivity contribution in [2.75, 3.05) is 6.61 Å². The standard InChI is InChI=1S/C15H16N2OS/c1-3-12-4-6-13(7-5-12)18-9-8-15-17-11(2)14(10-16)19-15/h4-7H,3,8-9H2,1-2H3. The van der Waals surface area contributed by atoms with Crippen molar-refractivity contribution in [2.45, 2.75) is 26.7 Å². The zero-order chi connectivity index (χ0) is 13.7. The zero-order valence-corrected chi connectivity index (χ0v) is 12.0. The molecular formula is C15H16N2OS. The second-order valence-corrected chi connectivity index (χ2v) is 5.31.